The first-order valence-electron chi connectivity index (χ1n) is 6.94. The lowest BCUT2D eigenvalue weighted by Crippen LogP contribution is -2.31. The van der Waals surface area contributed by atoms with Gasteiger partial charge in [0.05, 0.1) is 5.92 Å². The quantitative estimate of drug-likeness (QED) is 0.925. The highest BCUT2D eigenvalue weighted by Crippen LogP contribution is 2.50. The number of likely N-dealkylation sites (tertiary alicyclic amines) is 1. The van der Waals surface area contributed by atoms with Crippen molar-refractivity contribution in [2.45, 2.75) is 18.8 Å². The summed E-state index contributed by atoms with van der Waals surface area (Å²) < 4.78 is 27.4. The van der Waals surface area contributed by atoms with Gasteiger partial charge in [-0.2, -0.15) is 0 Å². The molecule has 0 bridgehead atoms. The molecule has 1 N–H and O–H groups in total. The molecule has 3 rings (SSSR count). The van der Waals surface area contributed by atoms with E-state index in [1.54, 1.807) is 0 Å². The summed E-state index contributed by atoms with van der Waals surface area (Å²) in [5.74, 6) is -3.73. The zero-order valence-corrected chi connectivity index (χ0v) is 12.5. The van der Waals surface area contributed by atoms with Crippen LogP contribution in [0.3, 0.4) is 0 Å². The second-order valence-corrected chi connectivity index (χ2v) is 5.69. The molecule has 1 amide bonds. The Balaban J connectivity index is 0.00000176. The van der Waals surface area contributed by atoms with Crippen LogP contribution in [-0.2, 0) is 9.59 Å². The van der Waals surface area contributed by atoms with E-state index in [1.165, 1.54) is 23.1 Å². The van der Waals surface area contributed by atoms with Crippen LogP contribution < -0.4 is 0 Å². The number of halogens is 3. The van der Waals surface area contributed by atoms with Crippen molar-refractivity contribution in [2.24, 2.45) is 11.8 Å². The van der Waals surface area contributed by atoms with Crippen LogP contribution in [0, 0.1) is 23.5 Å². The Morgan fingerprint density at radius 2 is 1.86 bits per heavy atom. The normalized spacial score (nSPS) is 26.5. The maximum absolute atomic E-state index is 13.7. The molecule has 2 fully saturated rings. The number of amides is 1. The Morgan fingerprint density at radius 3 is 2.41 bits per heavy atom. The first kappa shape index (κ1) is 16.7. The fraction of sp³-hybridized carbons (Fsp3) is 0.467. The van der Waals surface area contributed by atoms with Gasteiger partial charge in [0.2, 0.25) is 5.91 Å². The average molecular weight is 332 g/mol. The van der Waals surface area contributed by atoms with Gasteiger partial charge in [0.1, 0.15) is 11.6 Å². The molecule has 1 saturated heterocycles. The molecule has 3 unspecified atom stereocenters. The third-order valence-electron chi connectivity index (χ3n) is 4.33. The van der Waals surface area contributed by atoms with E-state index in [0.717, 1.165) is 0 Å². The van der Waals surface area contributed by atoms with Crippen molar-refractivity contribution in [3.63, 3.8) is 0 Å². The predicted molar refractivity (Wildman–Crippen MR) is 76.8 cm³/mol. The molecule has 7 heteroatoms. The van der Waals surface area contributed by atoms with E-state index in [-0.39, 0.29) is 30.4 Å². The van der Waals surface area contributed by atoms with E-state index in [4.69, 9.17) is 5.11 Å². The van der Waals surface area contributed by atoms with Gasteiger partial charge in [-0.3, -0.25) is 9.59 Å². The summed E-state index contributed by atoms with van der Waals surface area (Å²) in [6.45, 7) is 0.593. The lowest BCUT2D eigenvalue weighted by Gasteiger charge is -2.16. The van der Waals surface area contributed by atoms with Gasteiger partial charge in [0.15, 0.2) is 0 Å². The third-order valence-corrected chi connectivity index (χ3v) is 4.33. The van der Waals surface area contributed by atoms with Crippen LogP contribution in [0.4, 0.5) is 8.78 Å². The molecular formula is C15H16ClF2NO3. The second kappa shape index (κ2) is 6.20. The molecule has 22 heavy (non-hydrogen) atoms. The van der Waals surface area contributed by atoms with Gasteiger partial charge >= 0.3 is 5.97 Å². The van der Waals surface area contributed by atoms with Gasteiger partial charge in [0.25, 0.3) is 0 Å². The molecule has 0 radical (unpaired) electrons. The highest BCUT2D eigenvalue weighted by atomic mass is 35.5. The van der Waals surface area contributed by atoms with Gasteiger partial charge in [-0.05, 0) is 25.0 Å². The van der Waals surface area contributed by atoms with Crippen LogP contribution in [0.25, 0.3) is 0 Å². The first-order valence-corrected chi connectivity index (χ1v) is 6.94. The highest BCUT2D eigenvalue weighted by molar-refractivity contribution is 5.85. The van der Waals surface area contributed by atoms with Crippen LogP contribution in [0.5, 0.6) is 0 Å². The van der Waals surface area contributed by atoms with Gasteiger partial charge in [0, 0.05) is 30.5 Å². The number of carbonyl (C=O) groups is 2. The molecule has 120 valence electrons. The largest absolute Gasteiger partial charge is 0.481 e. The number of hydrogen-bond acceptors (Lipinski definition) is 2. The van der Waals surface area contributed by atoms with Gasteiger partial charge < -0.3 is 10.0 Å². The fourth-order valence-corrected chi connectivity index (χ4v) is 3.05. The fourth-order valence-electron chi connectivity index (χ4n) is 3.05. The van der Waals surface area contributed by atoms with Crippen molar-refractivity contribution in [3.05, 3.63) is 35.4 Å². The van der Waals surface area contributed by atoms with Crippen molar-refractivity contribution >= 4 is 24.3 Å². The number of carboxylic acid groups (broad SMARTS) is 1. The lowest BCUT2D eigenvalue weighted by atomic mass is 10.1. The Bertz CT molecular complexity index is 590. The van der Waals surface area contributed by atoms with E-state index in [0.29, 0.717) is 19.4 Å². The van der Waals surface area contributed by atoms with Crippen molar-refractivity contribution in [1.82, 2.24) is 4.90 Å². The van der Waals surface area contributed by atoms with Gasteiger partial charge in [-0.1, -0.05) is 6.07 Å². The molecule has 1 aliphatic heterocycles. The average Bonchev–Trinajstić information content (AvgIpc) is 3.03. The zero-order valence-electron chi connectivity index (χ0n) is 11.7. The Labute approximate surface area is 132 Å². The maximum atomic E-state index is 13.7. The summed E-state index contributed by atoms with van der Waals surface area (Å²) in [5.41, 5.74) is -0.0233. The zero-order chi connectivity index (χ0) is 15.1. The minimum atomic E-state index is -0.905. The smallest absolute Gasteiger partial charge is 0.308 e. The maximum Gasteiger partial charge on any atom is 0.308 e. The van der Waals surface area contributed by atoms with Crippen molar-refractivity contribution < 1.29 is 23.5 Å². The third kappa shape index (κ3) is 2.92. The molecule has 1 aromatic rings. The molecular weight excluding hydrogens is 316 g/mol. The molecule has 1 heterocycles. The minimum absolute atomic E-state index is 0. The molecule has 1 saturated carbocycles. The molecule has 0 aromatic heterocycles. The Kier molecular flexibility index (Phi) is 4.70. The van der Waals surface area contributed by atoms with Crippen molar-refractivity contribution in [2.75, 3.05) is 13.1 Å². The summed E-state index contributed by atoms with van der Waals surface area (Å²) in [5, 5.41) is 8.93. The molecule has 2 aliphatic rings. The van der Waals surface area contributed by atoms with Crippen LogP contribution in [-0.4, -0.2) is 35.0 Å². The second-order valence-electron chi connectivity index (χ2n) is 5.69. The van der Waals surface area contributed by atoms with E-state index in [9.17, 15) is 18.4 Å². The van der Waals surface area contributed by atoms with Crippen molar-refractivity contribution in [1.29, 1.82) is 0 Å². The number of hydrogen-bond donors (Lipinski definition) is 1. The number of rotatable bonds is 3. The van der Waals surface area contributed by atoms with Crippen LogP contribution in [0.1, 0.15) is 24.3 Å². The predicted octanol–water partition coefficient (Wildman–Crippen LogP) is 2.42. The first-order chi connectivity index (χ1) is 9.99. The Hall–Kier alpha value is -1.69. The number of carbonyl (C=O) groups excluding carboxylic acids is 1. The topological polar surface area (TPSA) is 57.6 Å². The molecule has 0 spiro atoms. The number of aliphatic carboxylic acids is 1. The number of carboxylic acids is 1. The van der Waals surface area contributed by atoms with E-state index in [1.807, 2.05) is 0 Å². The summed E-state index contributed by atoms with van der Waals surface area (Å²) >= 11 is 0. The van der Waals surface area contributed by atoms with Gasteiger partial charge in [-0.15, -0.1) is 12.4 Å². The van der Waals surface area contributed by atoms with Crippen LogP contribution in [0.15, 0.2) is 18.2 Å². The molecule has 1 aliphatic carbocycles. The van der Waals surface area contributed by atoms with E-state index >= 15 is 0 Å². The summed E-state index contributed by atoms with van der Waals surface area (Å²) in [4.78, 5) is 24.7. The monoisotopic (exact) mass is 331 g/mol. The van der Waals surface area contributed by atoms with E-state index in [2.05, 4.69) is 0 Å². The summed E-state index contributed by atoms with van der Waals surface area (Å²) in [6, 6.07) is 3.68. The SMILES string of the molecule is Cl.O=C(O)C1CCN(C(=O)C2CC2c2c(F)cccc2F)C1. The van der Waals surface area contributed by atoms with Gasteiger partial charge in [-0.25, -0.2) is 8.78 Å². The minimum Gasteiger partial charge on any atom is -0.481 e. The number of benzene rings is 1. The van der Waals surface area contributed by atoms with Crippen LogP contribution in [0.2, 0.25) is 0 Å². The summed E-state index contributed by atoms with van der Waals surface area (Å²) in [6.07, 6.45) is 0.859. The standard InChI is InChI=1S/C15H15F2NO3.ClH/c16-11-2-1-3-12(17)13(11)9-6-10(9)14(19)18-5-4-8(7-18)15(20)21;/h1-3,8-10H,4-7H2,(H,20,21);1H. The molecule has 1 aromatic carbocycles. The number of nitrogens with zero attached hydrogens (tertiary/aromatic N) is 1. The Morgan fingerprint density at radius 1 is 1.23 bits per heavy atom. The van der Waals surface area contributed by atoms with E-state index < -0.39 is 35.4 Å². The highest BCUT2D eigenvalue weighted by Gasteiger charge is 2.49. The molecule has 4 nitrogen and oxygen atoms in total. The molecule has 3 atom stereocenters. The summed E-state index contributed by atoms with van der Waals surface area (Å²) in [7, 11) is 0. The van der Waals surface area contributed by atoms with Crippen LogP contribution >= 0.6 is 12.4 Å². The lowest BCUT2D eigenvalue weighted by molar-refractivity contribution is -0.141. The van der Waals surface area contributed by atoms with Crippen molar-refractivity contribution in [3.8, 4) is 0 Å².